The Morgan fingerprint density at radius 1 is 0.889 bits per heavy atom. The summed E-state index contributed by atoms with van der Waals surface area (Å²) in [5.74, 6) is 0. The molecule has 0 spiro atoms. The van der Waals surface area contributed by atoms with Crippen LogP contribution >= 0.6 is 47.0 Å². The van der Waals surface area contributed by atoms with Crippen molar-refractivity contribution in [2.45, 2.75) is 6.10 Å². The van der Waals surface area contributed by atoms with E-state index in [1.54, 1.807) is 47.0 Å². The molecule has 0 aliphatic carbocycles. The first-order chi connectivity index (χ1) is 8.84. The van der Waals surface area contributed by atoms with Crippen molar-refractivity contribution in [1.29, 1.82) is 0 Å². The lowest BCUT2D eigenvalue weighted by molar-refractivity contribution is 0.225. The summed E-state index contributed by atoms with van der Waals surface area (Å²) in [6.07, 6.45) is -0.508. The Kier molecular flexibility index (Phi) is 4.16. The highest BCUT2D eigenvalue weighted by atomic mass is 32.2. The van der Waals surface area contributed by atoms with Crippen molar-refractivity contribution in [2.24, 2.45) is 0 Å². The maximum Gasteiger partial charge on any atom is 0.111 e. The molecule has 0 aromatic heterocycles. The first-order valence-electron chi connectivity index (χ1n) is 5.35. The first-order valence-corrected chi connectivity index (χ1v) is 8.80. The number of aliphatic hydroxyl groups excluding tert-OH is 1. The van der Waals surface area contributed by atoms with Gasteiger partial charge >= 0.3 is 0 Å². The fraction of sp³-hybridized carbons (Fsp3) is 0.0769. The molecule has 1 N–H and O–H groups in total. The summed E-state index contributed by atoms with van der Waals surface area (Å²) in [4.78, 5) is 1.02. The Morgan fingerprint density at radius 3 is 2.33 bits per heavy atom. The molecule has 1 nitrogen and oxygen atoms in total. The van der Waals surface area contributed by atoms with Crippen LogP contribution in [0.25, 0.3) is 0 Å². The van der Waals surface area contributed by atoms with Gasteiger partial charge in [0, 0.05) is 4.91 Å². The largest absolute Gasteiger partial charge is 0.383 e. The van der Waals surface area contributed by atoms with Gasteiger partial charge in [0.1, 0.15) is 6.10 Å². The molecule has 2 aliphatic heterocycles. The van der Waals surface area contributed by atoms with E-state index in [2.05, 4.69) is 16.2 Å². The van der Waals surface area contributed by atoms with E-state index in [0.29, 0.717) is 0 Å². The lowest BCUT2D eigenvalue weighted by atomic mass is 10.1. The summed E-state index contributed by atoms with van der Waals surface area (Å²) in [5.41, 5.74) is 0.952. The van der Waals surface area contributed by atoms with E-state index in [-0.39, 0.29) is 0 Å². The number of rotatable bonds is 2. The van der Waals surface area contributed by atoms with Crippen molar-refractivity contribution in [1.82, 2.24) is 0 Å². The highest BCUT2D eigenvalue weighted by Crippen LogP contribution is 2.55. The van der Waals surface area contributed by atoms with Crippen molar-refractivity contribution in [3.8, 4) is 0 Å². The minimum atomic E-state index is -0.508. The highest BCUT2D eigenvalue weighted by Gasteiger charge is 2.23. The van der Waals surface area contributed by atoms with Crippen LogP contribution in [0.1, 0.15) is 11.7 Å². The van der Waals surface area contributed by atoms with E-state index < -0.39 is 6.10 Å². The van der Waals surface area contributed by atoms with E-state index in [9.17, 15) is 5.11 Å². The Bertz CT molecular complexity index is 523. The molecule has 0 bridgehead atoms. The molecule has 1 aromatic rings. The fourth-order valence-corrected chi connectivity index (χ4v) is 6.09. The van der Waals surface area contributed by atoms with E-state index in [1.807, 2.05) is 30.3 Å². The molecule has 5 heteroatoms. The highest BCUT2D eigenvalue weighted by molar-refractivity contribution is 8.33. The summed E-state index contributed by atoms with van der Waals surface area (Å²) in [6, 6.07) is 9.80. The fourth-order valence-electron chi connectivity index (χ4n) is 1.58. The molecule has 0 amide bonds. The Balaban J connectivity index is 1.74. The summed E-state index contributed by atoms with van der Waals surface area (Å²) < 4.78 is 2.59. The van der Waals surface area contributed by atoms with Crippen LogP contribution < -0.4 is 0 Å². The van der Waals surface area contributed by atoms with Gasteiger partial charge in [0.25, 0.3) is 0 Å². The number of thioether (sulfide) groups is 4. The van der Waals surface area contributed by atoms with Gasteiger partial charge in [-0.2, -0.15) is 0 Å². The zero-order chi connectivity index (χ0) is 12.4. The van der Waals surface area contributed by atoms with Gasteiger partial charge in [-0.15, -0.1) is 0 Å². The molecule has 92 valence electrons. The second-order valence-corrected chi connectivity index (χ2v) is 7.95. The smallest absolute Gasteiger partial charge is 0.111 e. The molecule has 3 rings (SSSR count). The molecule has 0 saturated carbocycles. The Morgan fingerprint density at radius 2 is 1.61 bits per heavy atom. The maximum atomic E-state index is 10.3. The number of hydrogen-bond donors (Lipinski definition) is 1. The SMILES string of the molecule is OC(C1=CSC(=C2SC=CS2)S1)c1ccccc1. The zero-order valence-electron chi connectivity index (χ0n) is 9.28. The van der Waals surface area contributed by atoms with Gasteiger partial charge in [0.15, 0.2) is 0 Å². The van der Waals surface area contributed by atoms with Crippen molar-refractivity contribution in [2.75, 3.05) is 0 Å². The second-order valence-electron chi connectivity index (χ2n) is 3.64. The van der Waals surface area contributed by atoms with Crippen LogP contribution in [0.5, 0.6) is 0 Å². The molecule has 1 atom stereocenters. The molecular weight excluding hydrogens is 300 g/mol. The monoisotopic (exact) mass is 310 g/mol. The average molecular weight is 310 g/mol. The summed E-state index contributed by atoms with van der Waals surface area (Å²) in [6.45, 7) is 0. The molecule has 2 heterocycles. The van der Waals surface area contributed by atoms with Crippen LogP contribution in [0.2, 0.25) is 0 Å². The summed E-state index contributed by atoms with van der Waals surface area (Å²) in [5, 5.41) is 16.6. The van der Waals surface area contributed by atoms with E-state index >= 15 is 0 Å². The second kappa shape index (κ2) is 5.84. The number of hydrogen-bond acceptors (Lipinski definition) is 5. The minimum Gasteiger partial charge on any atom is -0.383 e. The van der Waals surface area contributed by atoms with Crippen LogP contribution in [0, 0.1) is 0 Å². The van der Waals surface area contributed by atoms with Gasteiger partial charge in [0.2, 0.25) is 0 Å². The van der Waals surface area contributed by atoms with E-state index in [1.165, 1.54) is 8.47 Å². The predicted molar refractivity (Wildman–Crippen MR) is 86.0 cm³/mol. The van der Waals surface area contributed by atoms with E-state index in [4.69, 9.17) is 0 Å². The zero-order valence-corrected chi connectivity index (χ0v) is 12.5. The lowest BCUT2D eigenvalue weighted by Crippen LogP contribution is -1.96. The van der Waals surface area contributed by atoms with Crippen LogP contribution in [0.15, 0.2) is 59.9 Å². The molecule has 1 aromatic carbocycles. The Labute approximate surface area is 123 Å². The quantitative estimate of drug-likeness (QED) is 0.815. The average Bonchev–Trinajstić information content (AvgIpc) is 3.09. The maximum absolute atomic E-state index is 10.3. The van der Waals surface area contributed by atoms with Crippen molar-refractivity contribution in [3.05, 3.63) is 65.5 Å². The first kappa shape index (κ1) is 12.8. The standard InChI is InChI=1S/C13H10OS4/c14-11(9-4-2-1-3-5-9)10-8-17-13(18-10)12-15-6-7-16-12/h1-8,11,14H. The lowest BCUT2D eigenvalue weighted by Gasteiger charge is -2.11. The van der Waals surface area contributed by atoms with Crippen LogP contribution in [-0.4, -0.2) is 5.11 Å². The minimum absolute atomic E-state index is 0.508. The van der Waals surface area contributed by atoms with Crippen LogP contribution in [-0.2, 0) is 0 Å². The molecular formula is C13H10OS4. The third kappa shape index (κ3) is 2.70. The number of benzene rings is 1. The van der Waals surface area contributed by atoms with Crippen molar-refractivity contribution < 1.29 is 5.11 Å². The van der Waals surface area contributed by atoms with Gasteiger partial charge in [-0.3, -0.25) is 0 Å². The summed E-state index contributed by atoms with van der Waals surface area (Å²) >= 11 is 6.90. The predicted octanol–water partition coefficient (Wildman–Crippen LogP) is 5.12. The Hall–Kier alpha value is -0.200. The van der Waals surface area contributed by atoms with Gasteiger partial charge < -0.3 is 5.11 Å². The summed E-state index contributed by atoms with van der Waals surface area (Å²) in [7, 11) is 0. The van der Waals surface area contributed by atoms with Crippen molar-refractivity contribution >= 4 is 47.0 Å². The molecule has 18 heavy (non-hydrogen) atoms. The van der Waals surface area contributed by atoms with Crippen LogP contribution in [0.3, 0.4) is 0 Å². The van der Waals surface area contributed by atoms with E-state index in [0.717, 1.165) is 10.5 Å². The van der Waals surface area contributed by atoms with Crippen molar-refractivity contribution in [3.63, 3.8) is 0 Å². The number of aliphatic hydroxyl groups is 1. The van der Waals surface area contributed by atoms with Gasteiger partial charge in [-0.05, 0) is 21.8 Å². The molecule has 0 saturated heterocycles. The van der Waals surface area contributed by atoms with Gasteiger partial charge in [-0.1, -0.05) is 77.4 Å². The third-order valence-electron chi connectivity index (χ3n) is 2.45. The molecule has 2 aliphatic rings. The van der Waals surface area contributed by atoms with Gasteiger partial charge in [-0.25, -0.2) is 0 Å². The molecule has 0 radical (unpaired) electrons. The molecule has 0 fully saturated rings. The van der Waals surface area contributed by atoms with Crippen LogP contribution in [0.4, 0.5) is 0 Å². The third-order valence-corrected chi connectivity index (χ3v) is 7.54. The molecule has 1 unspecified atom stereocenters. The van der Waals surface area contributed by atoms with Gasteiger partial charge in [0.05, 0.1) is 8.47 Å². The topological polar surface area (TPSA) is 20.2 Å². The normalized spacial score (nSPS) is 20.4.